The van der Waals surface area contributed by atoms with Gasteiger partial charge in [0, 0.05) is 24.7 Å². The molecule has 0 unspecified atom stereocenters. The minimum absolute atomic E-state index is 0.0223. The second-order valence-electron chi connectivity index (χ2n) is 6.55. The Labute approximate surface area is 158 Å². The van der Waals surface area contributed by atoms with E-state index in [0.717, 1.165) is 17.4 Å². The topological polar surface area (TPSA) is 84.9 Å². The van der Waals surface area contributed by atoms with Crippen molar-refractivity contribution in [2.75, 3.05) is 29.2 Å². The number of hydrogen-bond acceptors (Lipinski definition) is 5. The largest absolute Gasteiger partial charge is 0.454 e. The van der Waals surface area contributed by atoms with Crippen molar-refractivity contribution >= 4 is 27.3 Å². The predicted octanol–water partition coefficient (Wildman–Crippen LogP) is 2.83. The molecule has 144 valence electrons. The summed E-state index contributed by atoms with van der Waals surface area (Å²) < 4.78 is 36.2. The van der Waals surface area contributed by atoms with Gasteiger partial charge in [-0.15, -0.1) is 0 Å². The summed E-state index contributed by atoms with van der Waals surface area (Å²) in [4.78, 5) is 12.3. The molecule has 0 aromatic heterocycles. The summed E-state index contributed by atoms with van der Waals surface area (Å²) in [6, 6.07) is 10.7. The number of ether oxygens (including phenoxy) is 2. The molecule has 0 atom stereocenters. The number of amides is 1. The van der Waals surface area contributed by atoms with Crippen LogP contribution in [0.2, 0.25) is 0 Å². The van der Waals surface area contributed by atoms with Crippen molar-refractivity contribution in [3.8, 4) is 11.5 Å². The van der Waals surface area contributed by atoms with E-state index in [1.165, 1.54) is 4.31 Å². The minimum atomic E-state index is -3.56. The molecule has 1 amide bonds. The van der Waals surface area contributed by atoms with E-state index >= 15 is 0 Å². The van der Waals surface area contributed by atoms with Gasteiger partial charge in [0.25, 0.3) is 0 Å². The van der Waals surface area contributed by atoms with Crippen LogP contribution in [0.3, 0.4) is 0 Å². The minimum Gasteiger partial charge on any atom is -0.454 e. The van der Waals surface area contributed by atoms with Gasteiger partial charge in [0.05, 0.1) is 11.9 Å². The van der Waals surface area contributed by atoms with Gasteiger partial charge >= 0.3 is 0 Å². The predicted molar refractivity (Wildman–Crippen MR) is 104 cm³/mol. The van der Waals surface area contributed by atoms with Crippen molar-refractivity contribution in [2.45, 2.75) is 20.3 Å². The zero-order valence-electron chi connectivity index (χ0n) is 15.5. The van der Waals surface area contributed by atoms with Gasteiger partial charge in [-0.3, -0.25) is 9.10 Å². The first-order valence-electron chi connectivity index (χ1n) is 8.48. The first kappa shape index (κ1) is 19.0. The van der Waals surface area contributed by atoms with Crippen LogP contribution in [0.1, 0.15) is 17.5 Å². The normalized spacial score (nSPS) is 12.7. The highest BCUT2D eigenvalue weighted by Crippen LogP contribution is 2.36. The summed E-state index contributed by atoms with van der Waals surface area (Å²) in [5.41, 5.74) is 3.22. The van der Waals surface area contributed by atoms with E-state index < -0.39 is 10.0 Å². The first-order valence-corrected chi connectivity index (χ1v) is 10.3. The lowest BCUT2D eigenvalue weighted by molar-refractivity contribution is -0.116. The summed E-state index contributed by atoms with van der Waals surface area (Å²) in [7, 11) is -3.56. The van der Waals surface area contributed by atoms with Gasteiger partial charge in [-0.1, -0.05) is 6.07 Å². The lowest BCUT2D eigenvalue weighted by Crippen LogP contribution is -2.33. The van der Waals surface area contributed by atoms with Gasteiger partial charge in [-0.2, -0.15) is 0 Å². The Morgan fingerprint density at radius 2 is 1.74 bits per heavy atom. The molecule has 3 rings (SSSR count). The van der Waals surface area contributed by atoms with Gasteiger partial charge in [0.2, 0.25) is 22.7 Å². The quantitative estimate of drug-likeness (QED) is 0.820. The van der Waals surface area contributed by atoms with Crippen LogP contribution >= 0.6 is 0 Å². The van der Waals surface area contributed by atoms with Crippen LogP contribution in [0.15, 0.2) is 36.4 Å². The number of carbonyl (C=O) groups excluding carboxylic acids is 1. The molecule has 0 spiro atoms. The first-order chi connectivity index (χ1) is 12.7. The molecule has 0 radical (unpaired) electrons. The van der Waals surface area contributed by atoms with E-state index in [1.54, 1.807) is 18.2 Å². The zero-order chi connectivity index (χ0) is 19.6. The number of carbonyl (C=O) groups is 1. The number of aryl methyl sites for hydroxylation is 2. The summed E-state index contributed by atoms with van der Waals surface area (Å²) in [6.45, 7) is 4.03. The van der Waals surface area contributed by atoms with E-state index in [-0.39, 0.29) is 25.7 Å². The summed E-state index contributed by atoms with van der Waals surface area (Å²) in [5, 5.41) is 2.82. The number of sulfonamides is 1. The summed E-state index contributed by atoms with van der Waals surface area (Å²) in [6.07, 6.45) is 1.13. The smallest absolute Gasteiger partial charge is 0.232 e. The molecule has 1 heterocycles. The second kappa shape index (κ2) is 7.48. The molecule has 0 fully saturated rings. The Hall–Kier alpha value is -2.74. The Kier molecular flexibility index (Phi) is 5.27. The number of anilines is 2. The lowest BCUT2D eigenvalue weighted by Gasteiger charge is -2.22. The van der Waals surface area contributed by atoms with Crippen molar-refractivity contribution in [3.63, 3.8) is 0 Å². The highest BCUT2D eigenvalue weighted by molar-refractivity contribution is 7.92. The van der Waals surface area contributed by atoms with E-state index in [0.29, 0.717) is 22.9 Å². The molecule has 0 aliphatic carbocycles. The van der Waals surface area contributed by atoms with Gasteiger partial charge < -0.3 is 14.8 Å². The molecule has 27 heavy (non-hydrogen) atoms. The molecule has 8 heteroatoms. The number of rotatable bonds is 6. The fourth-order valence-corrected chi connectivity index (χ4v) is 3.92. The van der Waals surface area contributed by atoms with Crippen LogP contribution in [0.4, 0.5) is 11.4 Å². The van der Waals surface area contributed by atoms with Crippen LogP contribution in [0, 0.1) is 13.8 Å². The van der Waals surface area contributed by atoms with Crippen LogP contribution in [0.5, 0.6) is 11.5 Å². The average molecular weight is 390 g/mol. The fraction of sp³-hybridized carbons (Fsp3) is 0.316. The van der Waals surface area contributed by atoms with Gasteiger partial charge in [0.1, 0.15) is 0 Å². The Morgan fingerprint density at radius 3 is 2.41 bits per heavy atom. The molecule has 2 aromatic carbocycles. The SMILES string of the molecule is Cc1cc(C)cc(NC(=O)CCN(c2ccc3c(c2)OCO3)S(C)(=O)=O)c1. The maximum Gasteiger partial charge on any atom is 0.232 e. The Morgan fingerprint density at radius 1 is 1.07 bits per heavy atom. The maximum absolute atomic E-state index is 12.3. The van der Waals surface area contributed by atoms with E-state index in [4.69, 9.17) is 9.47 Å². The number of fused-ring (bicyclic) bond motifs is 1. The van der Waals surface area contributed by atoms with Gasteiger partial charge in [-0.05, 0) is 49.2 Å². The van der Waals surface area contributed by atoms with Gasteiger partial charge in [-0.25, -0.2) is 8.42 Å². The zero-order valence-corrected chi connectivity index (χ0v) is 16.3. The molecule has 7 nitrogen and oxygen atoms in total. The van der Waals surface area contributed by atoms with Crippen LogP contribution in [-0.4, -0.2) is 33.9 Å². The monoisotopic (exact) mass is 390 g/mol. The number of nitrogens with one attached hydrogen (secondary N) is 1. The lowest BCUT2D eigenvalue weighted by atomic mass is 10.1. The second-order valence-corrected chi connectivity index (χ2v) is 8.45. The molecule has 2 aromatic rings. The molecule has 0 saturated carbocycles. The van der Waals surface area contributed by atoms with Crippen molar-refractivity contribution in [3.05, 3.63) is 47.5 Å². The summed E-state index contributed by atoms with van der Waals surface area (Å²) in [5.74, 6) is 0.801. The third-order valence-corrected chi connectivity index (χ3v) is 5.29. The van der Waals surface area contributed by atoms with Crippen LogP contribution < -0.4 is 19.1 Å². The molecular formula is C19H22N2O5S. The maximum atomic E-state index is 12.3. The van der Waals surface area contributed by atoms with Crippen molar-refractivity contribution in [2.24, 2.45) is 0 Å². The molecule has 0 bridgehead atoms. The van der Waals surface area contributed by atoms with Crippen molar-refractivity contribution in [1.82, 2.24) is 0 Å². The van der Waals surface area contributed by atoms with Crippen LogP contribution in [0.25, 0.3) is 0 Å². The number of hydrogen-bond donors (Lipinski definition) is 1. The fourth-order valence-electron chi connectivity index (χ4n) is 3.00. The number of benzene rings is 2. The van der Waals surface area contributed by atoms with Crippen molar-refractivity contribution in [1.29, 1.82) is 0 Å². The van der Waals surface area contributed by atoms with Crippen molar-refractivity contribution < 1.29 is 22.7 Å². The van der Waals surface area contributed by atoms with Crippen LogP contribution in [-0.2, 0) is 14.8 Å². The Balaban J connectivity index is 1.71. The molecular weight excluding hydrogens is 368 g/mol. The highest BCUT2D eigenvalue weighted by Gasteiger charge is 2.22. The van der Waals surface area contributed by atoms with E-state index in [1.807, 2.05) is 32.0 Å². The highest BCUT2D eigenvalue weighted by atomic mass is 32.2. The van der Waals surface area contributed by atoms with E-state index in [2.05, 4.69) is 5.32 Å². The molecule has 1 aliphatic heterocycles. The molecule has 1 N–H and O–H groups in total. The Bertz CT molecular complexity index is 952. The third-order valence-electron chi connectivity index (χ3n) is 4.09. The van der Waals surface area contributed by atoms with E-state index in [9.17, 15) is 13.2 Å². The standard InChI is InChI=1S/C19H22N2O5S/c1-13-8-14(2)10-15(9-13)20-19(22)6-7-21(27(3,23)24)16-4-5-17-18(11-16)26-12-25-17/h4-5,8-11H,6-7,12H2,1-3H3,(H,20,22). The van der Waals surface area contributed by atoms with Gasteiger partial charge in [0.15, 0.2) is 11.5 Å². The molecule has 0 saturated heterocycles. The summed E-state index contributed by atoms with van der Waals surface area (Å²) >= 11 is 0. The average Bonchev–Trinajstić information content (AvgIpc) is 3.00. The number of nitrogens with zero attached hydrogens (tertiary/aromatic N) is 1. The molecule has 1 aliphatic rings. The third kappa shape index (κ3) is 4.71.